The number of nitrogens with zero attached hydrogens (tertiary/aromatic N) is 2. The first-order valence-corrected chi connectivity index (χ1v) is 5.64. The first kappa shape index (κ1) is 14.6. The number of hydrogen-bond acceptors (Lipinski definition) is 4. The molecule has 7 nitrogen and oxygen atoms in total. The molecular weight excluding hydrogens is 250 g/mol. The lowest BCUT2D eigenvalue weighted by Crippen LogP contribution is -2.38. The van der Waals surface area contributed by atoms with Gasteiger partial charge in [-0.1, -0.05) is 0 Å². The molecule has 2 amide bonds. The molecule has 0 aliphatic rings. The lowest BCUT2D eigenvalue weighted by molar-refractivity contribution is 0.0660. The van der Waals surface area contributed by atoms with Crippen molar-refractivity contribution in [3.8, 4) is 6.07 Å². The smallest absolute Gasteiger partial charge is 0.371 e. The van der Waals surface area contributed by atoms with Crippen LogP contribution in [0.15, 0.2) is 16.5 Å². The molecule has 1 unspecified atom stereocenters. The Hall–Kier alpha value is -2.49. The number of nitriles is 1. The molecule has 0 radical (unpaired) electrons. The van der Waals surface area contributed by atoms with Crippen molar-refractivity contribution in [2.24, 2.45) is 5.92 Å². The van der Waals surface area contributed by atoms with E-state index in [1.54, 1.807) is 14.0 Å². The topological polar surface area (TPSA) is 107 Å². The number of furan rings is 1. The summed E-state index contributed by atoms with van der Waals surface area (Å²) in [4.78, 5) is 23.6. The number of aromatic carboxylic acids is 1. The SMILES string of the molecule is CC(C#N)CN(C)C(=O)NCc1ccc(C(=O)O)o1. The molecule has 19 heavy (non-hydrogen) atoms. The van der Waals surface area contributed by atoms with E-state index in [1.165, 1.54) is 17.0 Å². The molecule has 0 bridgehead atoms. The van der Waals surface area contributed by atoms with Gasteiger partial charge in [-0.2, -0.15) is 5.26 Å². The second-order valence-corrected chi connectivity index (χ2v) is 4.14. The summed E-state index contributed by atoms with van der Waals surface area (Å²) in [6.45, 7) is 2.13. The van der Waals surface area contributed by atoms with Crippen molar-refractivity contribution >= 4 is 12.0 Å². The van der Waals surface area contributed by atoms with Crippen LogP contribution in [0.25, 0.3) is 0 Å². The molecule has 1 heterocycles. The Morgan fingerprint density at radius 1 is 1.58 bits per heavy atom. The minimum atomic E-state index is -1.16. The Morgan fingerprint density at radius 3 is 2.79 bits per heavy atom. The third-order valence-corrected chi connectivity index (χ3v) is 2.40. The van der Waals surface area contributed by atoms with Crippen molar-refractivity contribution in [2.45, 2.75) is 13.5 Å². The minimum absolute atomic E-state index is 0.0946. The van der Waals surface area contributed by atoms with E-state index in [9.17, 15) is 9.59 Å². The summed E-state index contributed by atoms with van der Waals surface area (Å²) in [5.41, 5.74) is 0. The molecule has 1 atom stereocenters. The van der Waals surface area contributed by atoms with Gasteiger partial charge in [0.25, 0.3) is 0 Å². The van der Waals surface area contributed by atoms with E-state index in [0.717, 1.165) is 0 Å². The van der Waals surface area contributed by atoms with Gasteiger partial charge in [-0.3, -0.25) is 0 Å². The number of carbonyl (C=O) groups is 2. The Balaban J connectivity index is 2.45. The molecule has 0 aromatic carbocycles. The monoisotopic (exact) mass is 265 g/mol. The zero-order chi connectivity index (χ0) is 14.4. The summed E-state index contributed by atoms with van der Waals surface area (Å²) in [6.07, 6.45) is 0. The van der Waals surface area contributed by atoms with Gasteiger partial charge in [-0.25, -0.2) is 9.59 Å². The van der Waals surface area contributed by atoms with Crippen molar-refractivity contribution in [1.29, 1.82) is 5.26 Å². The van der Waals surface area contributed by atoms with Gasteiger partial charge in [-0.15, -0.1) is 0 Å². The van der Waals surface area contributed by atoms with Crippen molar-refractivity contribution in [3.63, 3.8) is 0 Å². The molecule has 1 aromatic rings. The fourth-order valence-electron chi connectivity index (χ4n) is 1.42. The number of rotatable bonds is 5. The van der Waals surface area contributed by atoms with Gasteiger partial charge in [-0.05, 0) is 19.1 Å². The molecule has 1 aromatic heterocycles. The number of carboxylic acids is 1. The zero-order valence-corrected chi connectivity index (χ0v) is 10.7. The lowest BCUT2D eigenvalue weighted by atomic mass is 10.2. The van der Waals surface area contributed by atoms with Crippen LogP contribution in [0.3, 0.4) is 0 Å². The molecule has 2 N–H and O–H groups in total. The first-order chi connectivity index (χ1) is 8.93. The summed E-state index contributed by atoms with van der Waals surface area (Å²) < 4.78 is 4.99. The van der Waals surface area contributed by atoms with Crippen LogP contribution < -0.4 is 5.32 Å². The van der Waals surface area contributed by atoms with Crippen molar-refractivity contribution in [3.05, 3.63) is 23.7 Å². The molecule has 0 aliphatic heterocycles. The summed E-state index contributed by atoms with van der Waals surface area (Å²) in [5.74, 6) is -1.22. The highest BCUT2D eigenvalue weighted by Crippen LogP contribution is 2.07. The van der Waals surface area contributed by atoms with Gasteiger partial charge < -0.3 is 19.7 Å². The second kappa shape index (κ2) is 6.44. The Morgan fingerprint density at radius 2 is 2.26 bits per heavy atom. The highest BCUT2D eigenvalue weighted by Gasteiger charge is 2.13. The zero-order valence-electron chi connectivity index (χ0n) is 10.7. The van der Waals surface area contributed by atoms with Gasteiger partial charge in [0.1, 0.15) is 5.76 Å². The molecule has 7 heteroatoms. The van der Waals surface area contributed by atoms with Crippen molar-refractivity contribution < 1.29 is 19.1 Å². The Kier molecular flexibility index (Phi) is 4.94. The first-order valence-electron chi connectivity index (χ1n) is 5.64. The van der Waals surface area contributed by atoms with Crippen LogP contribution in [0.1, 0.15) is 23.2 Å². The predicted molar refractivity (Wildman–Crippen MR) is 65.3 cm³/mol. The van der Waals surface area contributed by atoms with Crippen LogP contribution in [0.4, 0.5) is 4.79 Å². The molecule has 0 aliphatic carbocycles. The van der Waals surface area contributed by atoms with E-state index in [4.69, 9.17) is 14.8 Å². The van der Waals surface area contributed by atoms with Gasteiger partial charge in [0.15, 0.2) is 0 Å². The molecule has 0 fully saturated rings. The average Bonchev–Trinajstić information content (AvgIpc) is 2.84. The van der Waals surface area contributed by atoms with Gasteiger partial charge in [0, 0.05) is 13.6 Å². The largest absolute Gasteiger partial charge is 0.475 e. The number of carbonyl (C=O) groups excluding carboxylic acids is 1. The number of urea groups is 1. The molecule has 0 saturated carbocycles. The van der Waals surface area contributed by atoms with Crippen LogP contribution in [0.2, 0.25) is 0 Å². The van der Waals surface area contributed by atoms with Crippen LogP contribution >= 0.6 is 0 Å². The summed E-state index contributed by atoms with van der Waals surface area (Å²) >= 11 is 0. The third-order valence-electron chi connectivity index (χ3n) is 2.40. The summed E-state index contributed by atoms with van der Waals surface area (Å²) in [6, 6.07) is 4.50. The molecule has 1 rings (SSSR count). The quantitative estimate of drug-likeness (QED) is 0.833. The van der Waals surface area contributed by atoms with Crippen LogP contribution in [-0.4, -0.2) is 35.6 Å². The predicted octanol–water partition coefficient (Wildman–Crippen LogP) is 1.28. The highest BCUT2D eigenvalue weighted by atomic mass is 16.4. The van der Waals surface area contributed by atoms with E-state index in [1.807, 2.05) is 6.07 Å². The van der Waals surface area contributed by atoms with E-state index in [0.29, 0.717) is 12.3 Å². The minimum Gasteiger partial charge on any atom is -0.475 e. The van der Waals surface area contributed by atoms with Gasteiger partial charge in [0.2, 0.25) is 5.76 Å². The molecular formula is C12H15N3O4. The average molecular weight is 265 g/mol. The lowest BCUT2D eigenvalue weighted by Gasteiger charge is -2.18. The van der Waals surface area contributed by atoms with Crippen LogP contribution in [-0.2, 0) is 6.54 Å². The van der Waals surface area contributed by atoms with Crippen LogP contribution in [0, 0.1) is 17.2 Å². The maximum atomic E-state index is 11.7. The number of carboxylic acid groups (broad SMARTS) is 1. The maximum Gasteiger partial charge on any atom is 0.371 e. The molecule has 0 spiro atoms. The molecule has 0 saturated heterocycles. The van der Waals surface area contributed by atoms with E-state index in [2.05, 4.69) is 5.32 Å². The Labute approximate surface area is 110 Å². The standard InChI is InChI=1S/C12H15N3O4/c1-8(5-13)7-15(2)12(18)14-6-9-3-4-10(19-9)11(16)17/h3-4,8H,6-7H2,1-2H3,(H,14,18)(H,16,17). The fraction of sp³-hybridized carbons (Fsp3) is 0.417. The second-order valence-electron chi connectivity index (χ2n) is 4.14. The van der Waals surface area contributed by atoms with Crippen molar-refractivity contribution in [1.82, 2.24) is 10.2 Å². The van der Waals surface area contributed by atoms with Crippen LogP contribution in [0.5, 0.6) is 0 Å². The van der Waals surface area contributed by atoms with Gasteiger partial charge >= 0.3 is 12.0 Å². The van der Waals surface area contributed by atoms with E-state index >= 15 is 0 Å². The van der Waals surface area contributed by atoms with Gasteiger partial charge in [0.05, 0.1) is 18.5 Å². The van der Waals surface area contributed by atoms with Crippen molar-refractivity contribution in [2.75, 3.05) is 13.6 Å². The highest BCUT2D eigenvalue weighted by molar-refractivity contribution is 5.84. The number of nitrogens with one attached hydrogen (secondary N) is 1. The number of hydrogen-bond donors (Lipinski definition) is 2. The summed E-state index contributed by atoms with van der Waals surface area (Å²) in [7, 11) is 1.58. The Bertz CT molecular complexity index is 503. The normalized spacial score (nSPS) is 11.4. The van der Waals surface area contributed by atoms with E-state index in [-0.39, 0.29) is 24.3 Å². The summed E-state index contributed by atoms with van der Waals surface area (Å²) in [5, 5.41) is 19.9. The van der Waals surface area contributed by atoms with E-state index < -0.39 is 5.97 Å². The fourth-order valence-corrected chi connectivity index (χ4v) is 1.42. The molecule has 102 valence electrons. The third kappa shape index (κ3) is 4.35. The number of amides is 2. The maximum absolute atomic E-state index is 11.7.